The van der Waals surface area contributed by atoms with E-state index in [-0.39, 0.29) is 11.8 Å². The molecule has 2 N–H and O–H groups in total. The maximum absolute atomic E-state index is 11.6. The summed E-state index contributed by atoms with van der Waals surface area (Å²) in [5.41, 5.74) is 0.693. The Morgan fingerprint density at radius 1 is 1.27 bits per heavy atom. The third-order valence-electron chi connectivity index (χ3n) is 2.16. The maximum atomic E-state index is 11.6. The van der Waals surface area contributed by atoms with Crippen molar-refractivity contribution in [3.8, 4) is 0 Å². The van der Waals surface area contributed by atoms with Gasteiger partial charge < -0.3 is 10.6 Å². The van der Waals surface area contributed by atoms with Crippen LogP contribution in [0.25, 0.3) is 0 Å². The maximum Gasteiger partial charge on any atom is 0.295 e. The van der Waals surface area contributed by atoms with Crippen molar-refractivity contribution in [1.82, 2.24) is 15.2 Å². The summed E-state index contributed by atoms with van der Waals surface area (Å²) in [7, 11) is 6.50. The molecular formula is C9H15N4O2+. The zero-order valence-corrected chi connectivity index (χ0v) is 9.29. The first-order valence-electron chi connectivity index (χ1n) is 4.52. The summed E-state index contributed by atoms with van der Waals surface area (Å²) < 4.78 is 3.23. The Kier molecular flexibility index (Phi) is 3.08. The Morgan fingerprint density at radius 3 is 2.27 bits per heavy atom. The molecular weight excluding hydrogens is 196 g/mol. The van der Waals surface area contributed by atoms with Crippen molar-refractivity contribution in [3.63, 3.8) is 0 Å². The number of carbonyl (C=O) groups excluding carboxylic acids is 2. The highest BCUT2D eigenvalue weighted by Gasteiger charge is 2.29. The first-order valence-corrected chi connectivity index (χ1v) is 4.52. The van der Waals surface area contributed by atoms with Crippen LogP contribution >= 0.6 is 0 Å². The zero-order valence-electron chi connectivity index (χ0n) is 9.29. The first kappa shape index (κ1) is 11.2. The lowest BCUT2D eigenvalue weighted by Crippen LogP contribution is -2.39. The molecule has 0 bridgehead atoms. The molecule has 0 radical (unpaired) electrons. The molecule has 0 aliphatic carbocycles. The largest absolute Gasteiger partial charge is 0.352 e. The highest BCUT2D eigenvalue weighted by molar-refractivity contribution is 6.03. The van der Waals surface area contributed by atoms with Crippen molar-refractivity contribution in [3.05, 3.63) is 17.7 Å². The SMILES string of the molecule is CNC(=O)c1c(C(=O)NC)[n+](C)cn1C. The average Bonchev–Trinajstić information content (AvgIpc) is 2.51. The van der Waals surface area contributed by atoms with Gasteiger partial charge in [-0.05, 0) is 0 Å². The molecule has 0 aliphatic heterocycles. The van der Waals surface area contributed by atoms with Crippen molar-refractivity contribution in [2.45, 2.75) is 0 Å². The van der Waals surface area contributed by atoms with Crippen LogP contribution < -0.4 is 15.2 Å². The fourth-order valence-electron chi connectivity index (χ4n) is 1.48. The van der Waals surface area contributed by atoms with Crippen molar-refractivity contribution >= 4 is 11.8 Å². The smallest absolute Gasteiger partial charge is 0.295 e. The number of nitrogens with zero attached hydrogens (tertiary/aromatic N) is 2. The Morgan fingerprint density at radius 2 is 1.80 bits per heavy atom. The van der Waals surface area contributed by atoms with Crippen LogP contribution in [0, 0.1) is 0 Å². The van der Waals surface area contributed by atoms with E-state index in [4.69, 9.17) is 0 Å². The predicted octanol–water partition coefficient (Wildman–Crippen LogP) is -1.43. The van der Waals surface area contributed by atoms with Gasteiger partial charge in [-0.25, -0.2) is 9.13 Å². The quantitative estimate of drug-likeness (QED) is 0.589. The van der Waals surface area contributed by atoms with Crippen LogP contribution in [0.5, 0.6) is 0 Å². The molecule has 0 atom stereocenters. The van der Waals surface area contributed by atoms with Gasteiger partial charge >= 0.3 is 0 Å². The summed E-state index contributed by atoms with van der Waals surface area (Å²) in [6.45, 7) is 0. The Hall–Kier alpha value is -1.85. The molecule has 0 spiro atoms. The van der Waals surface area contributed by atoms with E-state index in [0.29, 0.717) is 11.4 Å². The van der Waals surface area contributed by atoms with E-state index >= 15 is 0 Å². The van der Waals surface area contributed by atoms with E-state index in [1.807, 2.05) is 0 Å². The van der Waals surface area contributed by atoms with E-state index < -0.39 is 0 Å². The van der Waals surface area contributed by atoms with E-state index in [9.17, 15) is 9.59 Å². The number of hydrogen-bond donors (Lipinski definition) is 2. The Bertz CT molecular complexity index is 372. The number of aryl methyl sites for hydroxylation is 2. The van der Waals surface area contributed by atoms with Crippen molar-refractivity contribution in [1.29, 1.82) is 0 Å². The fourth-order valence-corrected chi connectivity index (χ4v) is 1.48. The van der Waals surface area contributed by atoms with Gasteiger partial charge in [0.05, 0.1) is 14.1 Å². The van der Waals surface area contributed by atoms with Crippen LogP contribution in [0.15, 0.2) is 6.33 Å². The third-order valence-corrected chi connectivity index (χ3v) is 2.16. The molecule has 1 rings (SSSR count). The lowest BCUT2D eigenvalue weighted by molar-refractivity contribution is -0.672. The minimum absolute atomic E-state index is 0.281. The number of imidazole rings is 1. The molecule has 1 heterocycles. The molecule has 0 fully saturated rings. The van der Waals surface area contributed by atoms with E-state index in [1.54, 1.807) is 29.6 Å². The van der Waals surface area contributed by atoms with Crippen LogP contribution in [0.1, 0.15) is 21.0 Å². The average molecular weight is 211 g/mol. The Labute approximate surface area is 87.9 Å². The summed E-state index contributed by atoms with van der Waals surface area (Å²) in [4.78, 5) is 23.1. The van der Waals surface area contributed by atoms with Crippen LogP contribution in [0.3, 0.4) is 0 Å². The summed E-state index contributed by atoms with van der Waals surface area (Å²) >= 11 is 0. The summed E-state index contributed by atoms with van der Waals surface area (Å²) in [5, 5.41) is 5.00. The first-order chi connectivity index (χ1) is 7.02. The van der Waals surface area contributed by atoms with E-state index in [0.717, 1.165) is 0 Å². The molecule has 0 saturated carbocycles. The predicted molar refractivity (Wildman–Crippen MR) is 53.4 cm³/mol. The van der Waals surface area contributed by atoms with Crippen LogP contribution in [0.2, 0.25) is 0 Å². The second-order valence-corrected chi connectivity index (χ2v) is 3.19. The molecule has 1 aromatic rings. The van der Waals surface area contributed by atoms with Crippen LogP contribution in [-0.4, -0.2) is 30.5 Å². The number of rotatable bonds is 2. The van der Waals surface area contributed by atoms with Crippen LogP contribution in [-0.2, 0) is 14.1 Å². The summed E-state index contributed by atoms with van der Waals surface area (Å²) in [5.74, 6) is -0.562. The number of hydrogen-bond acceptors (Lipinski definition) is 2. The normalized spacial score (nSPS) is 9.87. The fraction of sp³-hybridized carbons (Fsp3) is 0.444. The number of aromatic nitrogens is 2. The van der Waals surface area contributed by atoms with Crippen LogP contribution in [0.4, 0.5) is 0 Å². The molecule has 15 heavy (non-hydrogen) atoms. The van der Waals surface area contributed by atoms with Crippen molar-refractivity contribution in [2.75, 3.05) is 14.1 Å². The van der Waals surface area contributed by atoms with Gasteiger partial charge in [0.1, 0.15) is 0 Å². The summed E-state index contributed by atoms with van der Waals surface area (Å²) in [6.07, 6.45) is 1.68. The molecule has 0 unspecified atom stereocenters. The van der Waals surface area contributed by atoms with Gasteiger partial charge in [-0.2, -0.15) is 0 Å². The summed E-state index contributed by atoms with van der Waals surface area (Å²) in [6, 6.07) is 0. The van der Waals surface area contributed by atoms with Gasteiger partial charge in [0.2, 0.25) is 17.7 Å². The van der Waals surface area contributed by atoms with Crippen molar-refractivity contribution in [2.24, 2.45) is 14.1 Å². The highest BCUT2D eigenvalue weighted by atomic mass is 16.2. The minimum atomic E-state index is -0.281. The third kappa shape index (κ3) is 1.83. The molecule has 0 saturated heterocycles. The molecule has 1 aromatic heterocycles. The number of carbonyl (C=O) groups is 2. The topological polar surface area (TPSA) is 67.0 Å². The molecule has 0 aliphatic rings. The highest BCUT2D eigenvalue weighted by Crippen LogP contribution is 2.03. The second-order valence-electron chi connectivity index (χ2n) is 3.19. The minimum Gasteiger partial charge on any atom is -0.352 e. The molecule has 82 valence electrons. The Balaban J connectivity index is 3.35. The monoisotopic (exact) mass is 211 g/mol. The van der Waals surface area contributed by atoms with Crippen molar-refractivity contribution < 1.29 is 14.2 Å². The molecule has 2 amide bonds. The number of nitrogens with one attached hydrogen (secondary N) is 2. The number of amides is 2. The van der Waals surface area contributed by atoms with Gasteiger partial charge in [0, 0.05) is 14.1 Å². The van der Waals surface area contributed by atoms with Gasteiger partial charge in [0.15, 0.2) is 0 Å². The molecule has 6 nitrogen and oxygen atoms in total. The molecule has 0 aromatic carbocycles. The lowest BCUT2D eigenvalue weighted by Gasteiger charge is -1.99. The molecule has 6 heteroatoms. The van der Waals surface area contributed by atoms with Gasteiger partial charge in [-0.15, -0.1) is 0 Å². The van der Waals surface area contributed by atoms with Gasteiger partial charge in [-0.1, -0.05) is 0 Å². The van der Waals surface area contributed by atoms with Gasteiger partial charge in [0.25, 0.3) is 11.8 Å². The zero-order chi connectivity index (χ0) is 11.6. The standard InChI is InChI=1S/C9H14N4O2/c1-10-8(14)6-7(9(15)11-2)13(4)5-12(6)3/h5H,1-4H3,(H-,10,11,14,15)/p+1. The second kappa shape index (κ2) is 4.12. The van der Waals surface area contributed by atoms with E-state index in [1.165, 1.54) is 14.1 Å². The van der Waals surface area contributed by atoms with Gasteiger partial charge in [-0.3, -0.25) is 9.59 Å². The lowest BCUT2D eigenvalue weighted by atomic mass is 10.3. The van der Waals surface area contributed by atoms with E-state index in [2.05, 4.69) is 10.6 Å².